The van der Waals surface area contributed by atoms with E-state index in [0.717, 1.165) is 30.4 Å². The molecule has 2 aliphatic rings. The Labute approximate surface area is 195 Å². The summed E-state index contributed by atoms with van der Waals surface area (Å²) in [4.78, 5) is 14.7. The van der Waals surface area contributed by atoms with E-state index in [1.807, 2.05) is 17.0 Å². The lowest BCUT2D eigenvalue weighted by molar-refractivity contribution is -0.207. The SMILES string of the molecule is COc1c(NC(=O)N[C@@H]2Cc3ccccc3[C@@H]2O)cc(N2CCCCC2)cc1[C@@H](O)C(F)(F)F. The molecule has 0 radical (unpaired) electrons. The summed E-state index contributed by atoms with van der Waals surface area (Å²) >= 11 is 0. The second-order valence-electron chi connectivity index (χ2n) is 8.66. The molecule has 2 aromatic carbocycles. The van der Waals surface area contributed by atoms with Gasteiger partial charge in [-0.25, -0.2) is 4.79 Å². The minimum absolute atomic E-state index is 0.00590. The van der Waals surface area contributed by atoms with Crippen LogP contribution in [0.4, 0.5) is 29.3 Å². The second-order valence-corrected chi connectivity index (χ2v) is 8.66. The third-order valence-corrected chi connectivity index (χ3v) is 6.39. The number of methoxy groups -OCH3 is 1. The van der Waals surface area contributed by atoms with Gasteiger partial charge in [0.15, 0.2) is 6.10 Å². The molecule has 0 unspecified atom stereocenters. The molecular weight excluding hydrogens is 451 g/mol. The van der Waals surface area contributed by atoms with Gasteiger partial charge in [0.25, 0.3) is 0 Å². The molecule has 0 aromatic heterocycles. The van der Waals surface area contributed by atoms with Crippen molar-refractivity contribution < 1.29 is 32.9 Å². The molecule has 0 saturated carbocycles. The zero-order valence-corrected chi connectivity index (χ0v) is 18.7. The van der Waals surface area contributed by atoms with Crippen LogP contribution < -0.4 is 20.3 Å². The van der Waals surface area contributed by atoms with E-state index in [4.69, 9.17) is 4.74 Å². The lowest BCUT2D eigenvalue weighted by atomic mass is 10.0. The van der Waals surface area contributed by atoms with Crippen molar-refractivity contribution in [1.82, 2.24) is 5.32 Å². The molecule has 4 rings (SSSR count). The normalized spacial score (nSPS) is 21.1. The highest BCUT2D eigenvalue weighted by Crippen LogP contribution is 2.43. The molecule has 1 heterocycles. The van der Waals surface area contributed by atoms with Crippen LogP contribution in [0.2, 0.25) is 0 Å². The summed E-state index contributed by atoms with van der Waals surface area (Å²) in [6.45, 7) is 1.32. The number of hydrogen-bond acceptors (Lipinski definition) is 5. The van der Waals surface area contributed by atoms with Gasteiger partial charge in [0.05, 0.1) is 24.9 Å². The molecule has 0 bridgehead atoms. The van der Waals surface area contributed by atoms with E-state index in [2.05, 4.69) is 10.6 Å². The predicted octanol–water partition coefficient (Wildman–Crippen LogP) is 4.06. The van der Waals surface area contributed by atoms with Gasteiger partial charge in [-0.05, 0) is 48.9 Å². The first-order valence-electron chi connectivity index (χ1n) is 11.2. The van der Waals surface area contributed by atoms with Crippen LogP contribution in [0.5, 0.6) is 5.75 Å². The molecule has 1 fully saturated rings. The van der Waals surface area contributed by atoms with Gasteiger partial charge in [0, 0.05) is 24.3 Å². The molecule has 7 nitrogen and oxygen atoms in total. The molecule has 2 aromatic rings. The van der Waals surface area contributed by atoms with Crippen molar-refractivity contribution >= 4 is 17.4 Å². The quantitative estimate of drug-likeness (QED) is 0.519. The van der Waals surface area contributed by atoms with Gasteiger partial charge in [-0.2, -0.15) is 13.2 Å². The number of benzene rings is 2. The van der Waals surface area contributed by atoms with E-state index >= 15 is 0 Å². The van der Waals surface area contributed by atoms with Gasteiger partial charge < -0.3 is 30.5 Å². The van der Waals surface area contributed by atoms with E-state index in [0.29, 0.717) is 25.2 Å². The van der Waals surface area contributed by atoms with E-state index in [1.165, 1.54) is 13.2 Å². The average molecular weight is 479 g/mol. The van der Waals surface area contributed by atoms with Crippen LogP contribution in [0, 0.1) is 0 Å². The molecule has 0 spiro atoms. The van der Waals surface area contributed by atoms with Gasteiger partial charge in [-0.1, -0.05) is 24.3 Å². The number of halogens is 3. The number of rotatable bonds is 5. The maximum absolute atomic E-state index is 13.4. The molecule has 4 N–H and O–H groups in total. The highest BCUT2D eigenvalue weighted by Gasteiger charge is 2.42. The van der Waals surface area contributed by atoms with E-state index < -0.39 is 36.0 Å². The summed E-state index contributed by atoms with van der Waals surface area (Å²) < 4.78 is 45.5. The number of anilines is 2. The Bertz CT molecular complexity index is 1040. The van der Waals surface area contributed by atoms with Crippen LogP contribution in [0.25, 0.3) is 0 Å². The van der Waals surface area contributed by atoms with Crippen LogP contribution in [0.15, 0.2) is 36.4 Å². The van der Waals surface area contributed by atoms with Gasteiger partial charge in [0.1, 0.15) is 5.75 Å². The van der Waals surface area contributed by atoms with Crippen LogP contribution >= 0.6 is 0 Å². The molecule has 1 aliphatic heterocycles. The second kappa shape index (κ2) is 9.71. The molecule has 10 heteroatoms. The molecule has 3 atom stereocenters. The minimum Gasteiger partial charge on any atom is -0.494 e. The van der Waals surface area contributed by atoms with Crippen molar-refractivity contribution in [3.8, 4) is 5.75 Å². The maximum Gasteiger partial charge on any atom is 0.418 e. The predicted molar refractivity (Wildman–Crippen MR) is 121 cm³/mol. The van der Waals surface area contributed by atoms with Crippen molar-refractivity contribution in [3.05, 3.63) is 53.1 Å². The zero-order chi connectivity index (χ0) is 24.5. The summed E-state index contributed by atoms with van der Waals surface area (Å²) in [6, 6.07) is 8.84. The number of carbonyl (C=O) groups excluding carboxylic acids is 1. The third-order valence-electron chi connectivity index (χ3n) is 6.39. The number of alkyl halides is 3. The minimum atomic E-state index is -4.91. The van der Waals surface area contributed by atoms with Crippen LogP contribution in [0.3, 0.4) is 0 Å². The molecule has 184 valence electrons. The summed E-state index contributed by atoms with van der Waals surface area (Å²) in [6.07, 6.45) is -5.34. The Kier molecular flexibility index (Phi) is 6.90. The highest BCUT2D eigenvalue weighted by molar-refractivity contribution is 5.92. The Hall–Kier alpha value is -2.98. The molecular formula is C24H28F3N3O4. The number of piperidine rings is 1. The average Bonchev–Trinajstić information content (AvgIpc) is 3.13. The molecule has 2 amide bonds. The lowest BCUT2D eigenvalue weighted by Gasteiger charge is -2.31. The fraction of sp³-hybridized carbons (Fsp3) is 0.458. The van der Waals surface area contributed by atoms with Crippen molar-refractivity contribution in [2.45, 2.75) is 50.1 Å². The lowest BCUT2D eigenvalue weighted by Crippen LogP contribution is -2.40. The number of aliphatic hydroxyl groups excluding tert-OH is 2. The van der Waals surface area contributed by atoms with Crippen LogP contribution in [-0.4, -0.2) is 48.7 Å². The molecule has 1 aliphatic carbocycles. The van der Waals surface area contributed by atoms with Gasteiger partial charge >= 0.3 is 12.2 Å². The van der Waals surface area contributed by atoms with E-state index in [-0.39, 0.29) is 11.4 Å². The monoisotopic (exact) mass is 479 g/mol. The Morgan fingerprint density at radius 2 is 1.88 bits per heavy atom. The number of carbonyl (C=O) groups is 1. The fourth-order valence-electron chi connectivity index (χ4n) is 4.70. The smallest absolute Gasteiger partial charge is 0.418 e. The van der Waals surface area contributed by atoms with Gasteiger partial charge in [-0.15, -0.1) is 0 Å². The molecule has 1 saturated heterocycles. The summed E-state index contributed by atoms with van der Waals surface area (Å²) in [7, 11) is 1.18. The topological polar surface area (TPSA) is 94.1 Å². The summed E-state index contributed by atoms with van der Waals surface area (Å²) in [5.74, 6) is -0.268. The van der Waals surface area contributed by atoms with Crippen molar-refractivity contribution in [2.75, 3.05) is 30.4 Å². The van der Waals surface area contributed by atoms with Gasteiger partial charge in [0.2, 0.25) is 0 Å². The number of fused-ring (bicyclic) bond motifs is 1. The Morgan fingerprint density at radius 3 is 2.53 bits per heavy atom. The number of amides is 2. The van der Waals surface area contributed by atoms with Crippen LogP contribution in [-0.2, 0) is 6.42 Å². The summed E-state index contributed by atoms with van der Waals surface area (Å²) in [5, 5.41) is 25.8. The third kappa shape index (κ3) is 4.92. The number of hydrogen-bond donors (Lipinski definition) is 4. The maximum atomic E-state index is 13.4. The van der Waals surface area contributed by atoms with Crippen molar-refractivity contribution in [3.63, 3.8) is 0 Å². The zero-order valence-electron chi connectivity index (χ0n) is 18.7. The van der Waals surface area contributed by atoms with E-state index in [1.54, 1.807) is 18.2 Å². The summed E-state index contributed by atoms with van der Waals surface area (Å²) in [5.41, 5.74) is 1.64. The van der Waals surface area contributed by atoms with E-state index in [9.17, 15) is 28.2 Å². The first kappa shape index (κ1) is 24.2. The number of aliphatic hydroxyl groups is 2. The number of nitrogens with zero attached hydrogens (tertiary/aromatic N) is 1. The molecule has 34 heavy (non-hydrogen) atoms. The van der Waals surface area contributed by atoms with Crippen molar-refractivity contribution in [1.29, 1.82) is 0 Å². The van der Waals surface area contributed by atoms with Crippen molar-refractivity contribution in [2.24, 2.45) is 0 Å². The number of urea groups is 1. The Morgan fingerprint density at radius 1 is 1.18 bits per heavy atom. The van der Waals surface area contributed by atoms with Gasteiger partial charge in [-0.3, -0.25) is 0 Å². The van der Waals surface area contributed by atoms with Crippen LogP contribution in [0.1, 0.15) is 48.2 Å². The largest absolute Gasteiger partial charge is 0.494 e. The Balaban J connectivity index is 1.61. The highest BCUT2D eigenvalue weighted by atomic mass is 19.4. The fourth-order valence-corrected chi connectivity index (χ4v) is 4.70. The number of ether oxygens (including phenoxy) is 1. The first-order chi connectivity index (χ1) is 16.2. The first-order valence-corrected chi connectivity index (χ1v) is 11.2. The standard InChI is InChI=1S/C24H28F3N3O4/c1-34-21-17(22(32)24(25,26)27)12-15(30-9-5-2-6-10-30)13-19(21)29-23(33)28-18-11-14-7-3-4-8-16(14)20(18)31/h3-4,7-8,12-13,18,20,22,31-32H,2,5-6,9-11H2,1H3,(H2,28,29,33)/t18-,20+,22-/m1/s1. The number of nitrogens with one attached hydrogen (secondary N) is 2.